The molecule has 7 heteroatoms. The van der Waals surface area contributed by atoms with Gasteiger partial charge in [0.15, 0.2) is 0 Å². The van der Waals surface area contributed by atoms with E-state index < -0.39 is 0 Å². The zero-order valence-corrected chi connectivity index (χ0v) is 13.5. The molecule has 1 aliphatic rings. The highest BCUT2D eigenvalue weighted by molar-refractivity contribution is 7.11. The van der Waals surface area contributed by atoms with Gasteiger partial charge in [-0.1, -0.05) is 24.6 Å². The molecule has 0 aliphatic carbocycles. The first-order valence-corrected chi connectivity index (χ1v) is 8.09. The van der Waals surface area contributed by atoms with E-state index in [0.29, 0.717) is 17.3 Å². The smallest absolute Gasteiger partial charge is 0.309 e. The summed E-state index contributed by atoms with van der Waals surface area (Å²) in [6.45, 7) is 2.51. The Bertz CT molecular complexity index is 731. The van der Waals surface area contributed by atoms with Crippen molar-refractivity contribution in [2.24, 2.45) is 0 Å². The number of rotatable bonds is 4. The van der Waals surface area contributed by atoms with Gasteiger partial charge in [-0.05, 0) is 24.6 Å². The van der Waals surface area contributed by atoms with E-state index in [4.69, 9.17) is 11.6 Å². The summed E-state index contributed by atoms with van der Waals surface area (Å²) in [5.74, 6) is -0.243. The van der Waals surface area contributed by atoms with E-state index in [2.05, 4.69) is 4.98 Å². The first-order valence-electron chi connectivity index (χ1n) is 6.89. The fraction of sp³-hybridized carbons (Fsp3) is 0.267. The molecule has 22 heavy (non-hydrogen) atoms. The monoisotopic (exact) mass is 335 g/mol. The van der Waals surface area contributed by atoms with Crippen LogP contribution in [0.15, 0.2) is 30.5 Å². The molecule has 114 valence electrons. The number of carbonyl (C=O) groups is 2. The molecule has 1 fully saturated rings. The van der Waals surface area contributed by atoms with Crippen LogP contribution in [-0.4, -0.2) is 28.4 Å². The average Bonchev–Trinajstić information content (AvgIpc) is 3.04. The quantitative estimate of drug-likeness (QED) is 0.805. The SMILES string of the molecule is CCc1ncc(CN2CC(=O)N(c3cccc(Cl)c3)C2=O)s1. The summed E-state index contributed by atoms with van der Waals surface area (Å²) < 4.78 is 0. The number of urea groups is 1. The molecule has 2 aromatic rings. The summed E-state index contributed by atoms with van der Waals surface area (Å²) in [5.41, 5.74) is 0.503. The maximum absolute atomic E-state index is 12.5. The zero-order chi connectivity index (χ0) is 15.7. The van der Waals surface area contributed by atoms with Crippen LogP contribution >= 0.6 is 22.9 Å². The maximum Gasteiger partial charge on any atom is 0.332 e. The van der Waals surface area contributed by atoms with Gasteiger partial charge < -0.3 is 4.90 Å². The fourth-order valence-corrected chi connectivity index (χ4v) is 3.38. The Morgan fingerprint density at radius 2 is 2.18 bits per heavy atom. The van der Waals surface area contributed by atoms with Gasteiger partial charge >= 0.3 is 6.03 Å². The van der Waals surface area contributed by atoms with Crippen molar-refractivity contribution in [3.8, 4) is 0 Å². The third-order valence-electron chi connectivity index (χ3n) is 3.35. The Hall–Kier alpha value is -1.92. The second-order valence-corrected chi connectivity index (χ2v) is 6.56. The number of hydrogen-bond acceptors (Lipinski definition) is 4. The number of aryl methyl sites for hydroxylation is 1. The molecule has 3 rings (SSSR count). The Balaban J connectivity index is 1.79. The lowest BCUT2D eigenvalue weighted by Crippen LogP contribution is -2.32. The summed E-state index contributed by atoms with van der Waals surface area (Å²) >= 11 is 7.50. The molecular weight excluding hydrogens is 322 g/mol. The molecule has 3 amide bonds. The van der Waals surface area contributed by atoms with Gasteiger partial charge in [-0.2, -0.15) is 0 Å². The van der Waals surface area contributed by atoms with Gasteiger partial charge in [0.1, 0.15) is 6.54 Å². The van der Waals surface area contributed by atoms with Crippen molar-refractivity contribution in [1.29, 1.82) is 0 Å². The predicted molar refractivity (Wildman–Crippen MR) is 86.2 cm³/mol. The van der Waals surface area contributed by atoms with E-state index in [1.807, 2.05) is 6.92 Å². The van der Waals surface area contributed by atoms with Crippen LogP contribution in [0.2, 0.25) is 5.02 Å². The first kappa shape index (κ1) is 15.0. The second kappa shape index (κ2) is 6.06. The van der Waals surface area contributed by atoms with Crippen LogP contribution in [0.4, 0.5) is 10.5 Å². The number of amides is 3. The van der Waals surface area contributed by atoms with Gasteiger partial charge in [-0.3, -0.25) is 4.79 Å². The number of imide groups is 1. The number of aromatic nitrogens is 1. The van der Waals surface area contributed by atoms with Crippen molar-refractivity contribution >= 4 is 40.6 Å². The largest absolute Gasteiger partial charge is 0.332 e. The van der Waals surface area contributed by atoms with E-state index in [-0.39, 0.29) is 18.5 Å². The summed E-state index contributed by atoms with van der Waals surface area (Å²) in [6.07, 6.45) is 2.63. The van der Waals surface area contributed by atoms with Gasteiger partial charge in [0.25, 0.3) is 5.91 Å². The highest BCUT2D eigenvalue weighted by Crippen LogP contribution is 2.26. The molecule has 2 heterocycles. The molecule has 1 aliphatic heterocycles. The highest BCUT2D eigenvalue weighted by atomic mass is 35.5. The van der Waals surface area contributed by atoms with Crippen molar-refractivity contribution in [2.45, 2.75) is 19.9 Å². The minimum absolute atomic E-state index is 0.0741. The van der Waals surface area contributed by atoms with Gasteiger partial charge in [0.2, 0.25) is 0 Å². The van der Waals surface area contributed by atoms with Crippen molar-refractivity contribution in [3.05, 3.63) is 45.4 Å². The molecule has 0 bridgehead atoms. The standard InChI is InChI=1S/C15H14ClN3O2S/c1-2-13-17-7-12(22-13)8-18-9-14(20)19(15(18)21)11-5-3-4-10(16)6-11/h3-7H,2,8-9H2,1H3. The van der Waals surface area contributed by atoms with Crippen molar-refractivity contribution < 1.29 is 9.59 Å². The van der Waals surface area contributed by atoms with Crippen LogP contribution in [0.25, 0.3) is 0 Å². The summed E-state index contributed by atoms with van der Waals surface area (Å²) in [4.78, 5) is 32.6. The highest BCUT2D eigenvalue weighted by Gasteiger charge is 2.37. The summed E-state index contributed by atoms with van der Waals surface area (Å²) in [5, 5.41) is 1.52. The third-order valence-corrected chi connectivity index (χ3v) is 4.72. The normalized spacial score (nSPS) is 15.0. The van der Waals surface area contributed by atoms with Crippen molar-refractivity contribution in [2.75, 3.05) is 11.4 Å². The summed E-state index contributed by atoms with van der Waals surface area (Å²) in [7, 11) is 0. The van der Waals surface area contributed by atoms with Gasteiger partial charge in [-0.25, -0.2) is 14.7 Å². The van der Waals surface area contributed by atoms with Crippen LogP contribution in [0.1, 0.15) is 16.8 Å². The molecule has 0 saturated carbocycles. The minimum Gasteiger partial charge on any atom is -0.309 e. The van der Waals surface area contributed by atoms with E-state index in [9.17, 15) is 9.59 Å². The van der Waals surface area contributed by atoms with Crippen LogP contribution < -0.4 is 4.90 Å². The molecule has 0 N–H and O–H groups in total. The van der Waals surface area contributed by atoms with Crippen LogP contribution in [0, 0.1) is 0 Å². The molecule has 0 spiro atoms. The molecule has 5 nitrogen and oxygen atoms in total. The van der Waals surface area contributed by atoms with Crippen LogP contribution in [0.3, 0.4) is 0 Å². The molecule has 1 aromatic heterocycles. The van der Waals surface area contributed by atoms with E-state index >= 15 is 0 Å². The minimum atomic E-state index is -0.321. The van der Waals surface area contributed by atoms with Gasteiger partial charge in [0, 0.05) is 16.1 Å². The van der Waals surface area contributed by atoms with Crippen molar-refractivity contribution in [3.63, 3.8) is 0 Å². The molecular formula is C15H14ClN3O2S. The molecule has 0 atom stereocenters. The van der Waals surface area contributed by atoms with E-state index in [1.54, 1.807) is 41.8 Å². The van der Waals surface area contributed by atoms with E-state index in [1.165, 1.54) is 9.80 Å². The fourth-order valence-electron chi connectivity index (χ4n) is 2.32. The number of benzene rings is 1. The zero-order valence-electron chi connectivity index (χ0n) is 12.0. The van der Waals surface area contributed by atoms with Crippen molar-refractivity contribution in [1.82, 2.24) is 9.88 Å². The van der Waals surface area contributed by atoms with Gasteiger partial charge in [0.05, 0.1) is 17.2 Å². The Kier molecular flexibility index (Phi) is 4.13. The van der Waals surface area contributed by atoms with Crippen LogP contribution in [-0.2, 0) is 17.8 Å². The average molecular weight is 336 g/mol. The number of anilines is 1. The Morgan fingerprint density at radius 3 is 2.86 bits per heavy atom. The number of nitrogens with zero attached hydrogens (tertiary/aromatic N) is 3. The second-order valence-electron chi connectivity index (χ2n) is 4.92. The first-order chi connectivity index (χ1) is 10.6. The number of hydrogen-bond donors (Lipinski definition) is 0. The lowest BCUT2D eigenvalue weighted by Gasteiger charge is -2.16. The topological polar surface area (TPSA) is 53.5 Å². The maximum atomic E-state index is 12.5. The molecule has 0 radical (unpaired) electrons. The molecule has 1 aromatic carbocycles. The number of thiazole rings is 1. The van der Waals surface area contributed by atoms with E-state index in [0.717, 1.165) is 16.3 Å². The predicted octanol–water partition coefficient (Wildman–Crippen LogP) is 3.33. The number of halogens is 1. The number of carbonyl (C=O) groups excluding carboxylic acids is 2. The Labute approximate surface area is 137 Å². The molecule has 0 unspecified atom stereocenters. The lowest BCUT2D eigenvalue weighted by atomic mass is 10.3. The lowest BCUT2D eigenvalue weighted by molar-refractivity contribution is -0.116. The molecule has 1 saturated heterocycles. The van der Waals surface area contributed by atoms with Crippen LogP contribution in [0.5, 0.6) is 0 Å². The van der Waals surface area contributed by atoms with Gasteiger partial charge in [-0.15, -0.1) is 11.3 Å². The Morgan fingerprint density at radius 1 is 1.36 bits per heavy atom. The third kappa shape index (κ3) is 2.84. The summed E-state index contributed by atoms with van der Waals surface area (Å²) in [6, 6.07) is 6.42.